The maximum absolute atomic E-state index is 12.9. The Morgan fingerprint density at radius 2 is 1.87 bits per heavy atom. The molecule has 3 rings (SSSR count). The van der Waals surface area contributed by atoms with Crippen molar-refractivity contribution in [2.24, 2.45) is 5.92 Å². The molecule has 2 aromatic rings. The van der Waals surface area contributed by atoms with Gasteiger partial charge in [-0.15, -0.1) is 0 Å². The zero-order valence-electron chi connectivity index (χ0n) is 16.6. The Hall–Kier alpha value is -2.29. The minimum Gasteiger partial charge on any atom is -0.497 e. The summed E-state index contributed by atoms with van der Waals surface area (Å²) in [5.41, 5.74) is 0. The maximum atomic E-state index is 12.9. The van der Waals surface area contributed by atoms with Crippen molar-refractivity contribution in [2.75, 3.05) is 33.4 Å². The number of hydrogen-bond donors (Lipinski definition) is 0. The van der Waals surface area contributed by atoms with Gasteiger partial charge in [0.25, 0.3) is 0 Å². The molecule has 0 saturated carbocycles. The molecule has 7 nitrogen and oxygen atoms in total. The third kappa shape index (κ3) is 5.44. The zero-order valence-corrected chi connectivity index (χ0v) is 18.2. The fourth-order valence-electron chi connectivity index (χ4n) is 3.22. The number of methoxy groups -OCH3 is 1. The van der Waals surface area contributed by atoms with Gasteiger partial charge in [-0.2, -0.15) is 4.31 Å². The number of carbonyl (C=O) groups excluding carboxylic acids is 1. The number of benzene rings is 2. The minimum atomic E-state index is -3.69. The van der Waals surface area contributed by atoms with E-state index >= 15 is 0 Å². The van der Waals surface area contributed by atoms with Crippen LogP contribution in [0.5, 0.6) is 11.5 Å². The van der Waals surface area contributed by atoms with Gasteiger partial charge in [-0.3, -0.25) is 4.79 Å². The second kappa shape index (κ2) is 10.1. The highest BCUT2D eigenvalue weighted by Gasteiger charge is 2.34. The van der Waals surface area contributed by atoms with Gasteiger partial charge in [0.15, 0.2) is 0 Å². The predicted octanol–water partition coefficient (Wildman–Crippen LogP) is 3.37. The third-order valence-electron chi connectivity index (χ3n) is 4.84. The highest BCUT2D eigenvalue weighted by Crippen LogP contribution is 2.26. The number of carbonyl (C=O) groups is 1. The van der Waals surface area contributed by atoms with E-state index in [9.17, 15) is 13.2 Å². The van der Waals surface area contributed by atoms with Crippen LogP contribution in [0.2, 0.25) is 5.02 Å². The van der Waals surface area contributed by atoms with E-state index < -0.39 is 21.9 Å². The summed E-state index contributed by atoms with van der Waals surface area (Å²) in [4.78, 5) is 12.6. The molecule has 1 saturated heterocycles. The first kappa shape index (κ1) is 22.4. The Morgan fingerprint density at radius 1 is 1.13 bits per heavy atom. The van der Waals surface area contributed by atoms with Gasteiger partial charge in [-0.05, 0) is 49.2 Å². The number of sulfonamides is 1. The molecule has 0 amide bonds. The van der Waals surface area contributed by atoms with Crippen molar-refractivity contribution in [1.82, 2.24) is 4.31 Å². The number of halogens is 1. The van der Waals surface area contributed by atoms with Crippen LogP contribution in [-0.4, -0.2) is 52.1 Å². The monoisotopic (exact) mass is 453 g/mol. The summed E-state index contributed by atoms with van der Waals surface area (Å²) in [6, 6.07) is 13.2. The van der Waals surface area contributed by atoms with E-state index in [2.05, 4.69) is 0 Å². The van der Waals surface area contributed by atoms with Crippen molar-refractivity contribution in [3.05, 3.63) is 53.6 Å². The second-order valence-electron chi connectivity index (χ2n) is 6.82. The van der Waals surface area contributed by atoms with E-state index in [1.165, 1.54) is 23.5 Å². The molecule has 0 spiro atoms. The van der Waals surface area contributed by atoms with Crippen LogP contribution >= 0.6 is 11.6 Å². The van der Waals surface area contributed by atoms with Crippen molar-refractivity contribution >= 4 is 27.6 Å². The molecule has 1 aliphatic heterocycles. The van der Waals surface area contributed by atoms with E-state index in [0.29, 0.717) is 35.9 Å². The zero-order chi connectivity index (χ0) is 21.6. The van der Waals surface area contributed by atoms with Crippen LogP contribution in [0, 0.1) is 5.92 Å². The first-order valence-corrected chi connectivity index (χ1v) is 11.4. The number of nitrogens with zero attached hydrogens (tertiary/aromatic N) is 1. The van der Waals surface area contributed by atoms with Gasteiger partial charge in [0.2, 0.25) is 10.0 Å². The van der Waals surface area contributed by atoms with Gasteiger partial charge in [-0.1, -0.05) is 23.7 Å². The molecular weight excluding hydrogens is 430 g/mol. The van der Waals surface area contributed by atoms with Crippen molar-refractivity contribution in [2.45, 2.75) is 17.7 Å². The number of piperidine rings is 1. The molecule has 1 heterocycles. The first-order valence-electron chi connectivity index (χ1n) is 9.60. The number of para-hydroxylation sites is 1. The molecular formula is C21H24ClNO6S. The predicted molar refractivity (Wildman–Crippen MR) is 112 cm³/mol. The summed E-state index contributed by atoms with van der Waals surface area (Å²) in [6.07, 6.45) is 1.17. The molecule has 1 aliphatic rings. The first-order chi connectivity index (χ1) is 14.4. The molecule has 9 heteroatoms. The summed E-state index contributed by atoms with van der Waals surface area (Å²) >= 11 is 6.01. The molecule has 0 aromatic heterocycles. The Morgan fingerprint density at radius 3 is 2.57 bits per heavy atom. The molecule has 1 atom stereocenters. The smallest absolute Gasteiger partial charge is 0.310 e. The average molecular weight is 454 g/mol. The SMILES string of the molecule is COc1ccc(S(=O)(=O)N2CCCC(C(=O)OCCOc3ccccc3Cl)C2)cc1. The maximum Gasteiger partial charge on any atom is 0.310 e. The van der Waals surface area contributed by atoms with E-state index in [-0.39, 0.29) is 24.7 Å². The van der Waals surface area contributed by atoms with E-state index in [0.717, 1.165) is 0 Å². The highest BCUT2D eigenvalue weighted by molar-refractivity contribution is 7.89. The van der Waals surface area contributed by atoms with Gasteiger partial charge in [0.1, 0.15) is 24.7 Å². The summed E-state index contributed by atoms with van der Waals surface area (Å²) < 4.78 is 43.0. The lowest BCUT2D eigenvalue weighted by Crippen LogP contribution is -2.42. The second-order valence-corrected chi connectivity index (χ2v) is 9.17. The van der Waals surface area contributed by atoms with Gasteiger partial charge < -0.3 is 14.2 Å². The lowest BCUT2D eigenvalue weighted by Gasteiger charge is -2.30. The van der Waals surface area contributed by atoms with Crippen LogP contribution < -0.4 is 9.47 Å². The molecule has 0 radical (unpaired) electrons. The van der Waals surface area contributed by atoms with Crippen LogP contribution in [0.15, 0.2) is 53.4 Å². The van der Waals surface area contributed by atoms with Gasteiger partial charge >= 0.3 is 5.97 Å². The molecule has 1 fully saturated rings. The minimum absolute atomic E-state index is 0.0613. The quantitative estimate of drug-likeness (QED) is 0.450. The van der Waals surface area contributed by atoms with Gasteiger partial charge in [0, 0.05) is 13.1 Å². The van der Waals surface area contributed by atoms with Crippen LogP contribution in [0.4, 0.5) is 0 Å². The van der Waals surface area contributed by atoms with E-state index in [1.807, 2.05) is 0 Å². The lowest BCUT2D eigenvalue weighted by atomic mass is 10.0. The Kier molecular flexibility index (Phi) is 7.58. The highest BCUT2D eigenvalue weighted by atomic mass is 35.5. The van der Waals surface area contributed by atoms with Crippen molar-refractivity contribution in [3.8, 4) is 11.5 Å². The summed E-state index contributed by atoms with van der Waals surface area (Å²) in [7, 11) is -2.17. The molecule has 162 valence electrons. The molecule has 1 unspecified atom stereocenters. The summed E-state index contributed by atoms with van der Waals surface area (Å²) in [5, 5.41) is 0.482. The number of ether oxygens (including phenoxy) is 3. The number of hydrogen-bond acceptors (Lipinski definition) is 6. The normalized spacial score (nSPS) is 17.3. The standard InChI is InChI=1S/C21H24ClNO6S/c1-27-17-8-10-18(11-9-17)30(25,26)23-12-4-5-16(15-23)21(24)29-14-13-28-20-7-3-2-6-19(20)22/h2-3,6-11,16H,4-5,12-15H2,1H3. The van der Waals surface area contributed by atoms with Crippen LogP contribution in [0.25, 0.3) is 0 Å². The van der Waals surface area contributed by atoms with E-state index in [1.54, 1.807) is 36.4 Å². The third-order valence-corrected chi connectivity index (χ3v) is 7.03. The van der Waals surface area contributed by atoms with Crippen LogP contribution in [0.1, 0.15) is 12.8 Å². The Balaban J connectivity index is 1.53. The van der Waals surface area contributed by atoms with Crippen molar-refractivity contribution in [1.29, 1.82) is 0 Å². The molecule has 2 aromatic carbocycles. The van der Waals surface area contributed by atoms with Gasteiger partial charge in [-0.25, -0.2) is 8.42 Å². The largest absolute Gasteiger partial charge is 0.497 e. The van der Waals surface area contributed by atoms with Crippen molar-refractivity contribution in [3.63, 3.8) is 0 Å². The van der Waals surface area contributed by atoms with E-state index in [4.69, 9.17) is 25.8 Å². The van der Waals surface area contributed by atoms with Crippen LogP contribution in [-0.2, 0) is 19.6 Å². The molecule has 0 aliphatic carbocycles. The van der Waals surface area contributed by atoms with Crippen LogP contribution in [0.3, 0.4) is 0 Å². The van der Waals surface area contributed by atoms with Crippen molar-refractivity contribution < 1.29 is 27.4 Å². The summed E-state index contributed by atoms with van der Waals surface area (Å²) in [6.45, 7) is 0.689. The summed E-state index contributed by atoms with van der Waals surface area (Å²) in [5.74, 6) is 0.164. The fourth-order valence-corrected chi connectivity index (χ4v) is 4.94. The number of rotatable bonds is 8. The van der Waals surface area contributed by atoms with Gasteiger partial charge in [0.05, 0.1) is 22.9 Å². The fraction of sp³-hybridized carbons (Fsp3) is 0.381. The average Bonchev–Trinajstić information content (AvgIpc) is 2.77. The molecule has 0 bridgehead atoms. The Bertz CT molecular complexity index is 964. The number of esters is 1. The topological polar surface area (TPSA) is 82.1 Å². The lowest BCUT2D eigenvalue weighted by molar-refractivity contribution is -0.150. The Labute approximate surface area is 181 Å². The molecule has 30 heavy (non-hydrogen) atoms. The molecule has 0 N–H and O–H groups in total.